The van der Waals surface area contributed by atoms with Crippen molar-refractivity contribution in [2.75, 3.05) is 11.5 Å². The third kappa shape index (κ3) is 3.85. The molecule has 4 aliphatic rings. The quantitative estimate of drug-likeness (QED) is 0.272. The van der Waals surface area contributed by atoms with Crippen molar-refractivity contribution in [3.05, 3.63) is 99.6 Å². The molecular weight excluding hydrogens is 498 g/mol. The summed E-state index contributed by atoms with van der Waals surface area (Å²) in [5.41, 5.74) is 7.75. The molecule has 0 N–H and O–H groups in total. The number of rotatable bonds is 3. The lowest BCUT2D eigenvalue weighted by Gasteiger charge is -2.47. The smallest absolute Gasteiger partial charge is 0.338 e. The highest BCUT2D eigenvalue weighted by atomic mass is 16.5. The summed E-state index contributed by atoms with van der Waals surface area (Å²) in [6, 6.07) is 20.0. The summed E-state index contributed by atoms with van der Waals surface area (Å²) < 4.78 is 5.17. The molecule has 1 aliphatic heterocycles. The number of imide groups is 1. The summed E-state index contributed by atoms with van der Waals surface area (Å²) in [6.07, 6.45) is 0. The Morgan fingerprint density at radius 1 is 0.725 bits per heavy atom. The van der Waals surface area contributed by atoms with Gasteiger partial charge in [-0.2, -0.15) is 0 Å². The van der Waals surface area contributed by atoms with Gasteiger partial charge in [0.2, 0.25) is 11.8 Å². The predicted molar refractivity (Wildman–Crippen MR) is 156 cm³/mol. The molecule has 0 aromatic heterocycles. The lowest BCUT2D eigenvalue weighted by molar-refractivity contribution is -0.122. The second-order valence-electron chi connectivity index (χ2n) is 13.5. The van der Waals surface area contributed by atoms with Crippen LogP contribution in [0.15, 0.2) is 60.7 Å². The fourth-order valence-corrected chi connectivity index (χ4v) is 6.95. The highest BCUT2D eigenvalue weighted by molar-refractivity contribution is 6.23. The van der Waals surface area contributed by atoms with Gasteiger partial charge in [-0.1, -0.05) is 84.0 Å². The monoisotopic (exact) mass is 535 g/mol. The van der Waals surface area contributed by atoms with Gasteiger partial charge in [0.1, 0.15) is 0 Å². The Hall–Kier alpha value is -3.73. The minimum atomic E-state index is -0.487. The molecule has 3 aromatic rings. The van der Waals surface area contributed by atoms with Crippen LogP contribution in [-0.4, -0.2) is 24.4 Å². The van der Waals surface area contributed by atoms with E-state index in [1.165, 1.54) is 16.0 Å². The molecule has 206 valence electrons. The van der Waals surface area contributed by atoms with E-state index in [1.54, 1.807) is 31.2 Å². The van der Waals surface area contributed by atoms with Gasteiger partial charge in [-0.05, 0) is 69.3 Å². The Bertz CT molecular complexity index is 1480. The molecule has 0 unspecified atom stereocenters. The number of ether oxygens (including phenoxy) is 1. The summed E-state index contributed by atoms with van der Waals surface area (Å²) in [5, 5.41) is 0. The van der Waals surface area contributed by atoms with Crippen molar-refractivity contribution in [2.45, 2.75) is 71.1 Å². The standard InChI is InChI=1S/C35H37NO4/c1-8-40-33(39)19-10-9-11-22(16-19)36-31(37)29-27-24-15-13-21(35(5,6)7)18-26(24)28(30(29)32(36)38)23-14-12-20(17-25(23)27)34(2,3)4/h9-18,27-30H,8H2,1-7H3/t27-,28+,29+,30-. The minimum absolute atomic E-state index is 0.0425. The summed E-state index contributed by atoms with van der Waals surface area (Å²) in [6.45, 7) is 15.2. The van der Waals surface area contributed by atoms with E-state index in [9.17, 15) is 14.4 Å². The summed E-state index contributed by atoms with van der Waals surface area (Å²) in [7, 11) is 0. The van der Waals surface area contributed by atoms with Crippen LogP contribution in [0.5, 0.6) is 0 Å². The maximum atomic E-state index is 14.3. The molecule has 1 saturated heterocycles. The van der Waals surface area contributed by atoms with Crippen LogP contribution in [0.25, 0.3) is 0 Å². The molecule has 40 heavy (non-hydrogen) atoms. The van der Waals surface area contributed by atoms with Gasteiger partial charge in [-0.15, -0.1) is 0 Å². The van der Waals surface area contributed by atoms with Crippen LogP contribution in [0.1, 0.15) is 104 Å². The highest BCUT2D eigenvalue weighted by Gasteiger charge is 2.62. The van der Waals surface area contributed by atoms with Crippen LogP contribution in [0.2, 0.25) is 0 Å². The number of hydrogen-bond donors (Lipinski definition) is 0. The number of carbonyl (C=O) groups excluding carboxylic acids is 3. The van der Waals surface area contributed by atoms with Gasteiger partial charge in [0.05, 0.1) is 29.7 Å². The van der Waals surface area contributed by atoms with E-state index in [0.717, 1.165) is 22.3 Å². The summed E-state index contributed by atoms with van der Waals surface area (Å²) in [5.74, 6) is -2.23. The van der Waals surface area contributed by atoms with E-state index in [-0.39, 0.29) is 41.1 Å². The summed E-state index contributed by atoms with van der Waals surface area (Å²) in [4.78, 5) is 42.3. The SMILES string of the molecule is CCOC(=O)c1cccc(N2C(=O)[C@@H]3[C@@H]4c5cc(C(C)(C)C)ccc5[C@H](c5cc(C(C)(C)C)ccc54)[C@@H]3C2=O)c1. The Morgan fingerprint density at radius 2 is 1.23 bits per heavy atom. The first-order chi connectivity index (χ1) is 18.8. The Balaban J connectivity index is 1.52. The van der Waals surface area contributed by atoms with Crippen LogP contribution in [0.3, 0.4) is 0 Å². The van der Waals surface area contributed by atoms with Crippen LogP contribution < -0.4 is 4.90 Å². The average molecular weight is 536 g/mol. The van der Waals surface area contributed by atoms with Crippen LogP contribution >= 0.6 is 0 Å². The third-order valence-electron chi connectivity index (χ3n) is 8.98. The normalized spacial score (nSPS) is 23.1. The molecular formula is C35H37NO4. The van der Waals surface area contributed by atoms with Gasteiger partial charge in [0, 0.05) is 11.8 Å². The van der Waals surface area contributed by atoms with Crippen LogP contribution in [-0.2, 0) is 25.2 Å². The zero-order valence-corrected chi connectivity index (χ0v) is 24.4. The first-order valence-electron chi connectivity index (χ1n) is 14.3. The fraction of sp³-hybridized carbons (Fsp3) is 0.400. The molecule has 2 amide bonds. The molecule has 2 bridgehead atoms. The van der Waals surface area contributed by atoms with Gasteiger partial charge in [-0.3, -0.25) is 9.59 Å². The van der Waals surface area contributed by atoms with Crippen molar-refractivity contribution in [3.8, 4) is 0 Å². The van der Waals surface area contributed by atoms with Gasteiger partial charge in [0.25, 0.3) is 0 Å². The second-order valence-corrected chi connectivity index (χ2v) is 13.5. The zero-order valence-electron chi connectivity index (χ0n) is 24.4. The molecule has 0 radical (unpaired) electrons. The Kier molecular flexibility index (Phi) is 5.89. The molecule has 7 rings (SSSR count). The van der Waals surface area contributed by atoms with E-state index in [4.69, 9.17) is 4.74 Å². The average Bonchev–Trinajstić information content (AvgIpc) is 3.17. The molecule has 5 heteroatoms. The second kappa shape index (κ2) is 8.89. The number of hydrogen-bond acceptors (Lipinski definition) is 4. The molecule has 4 atom stereocenters. The highest BCUT2D eigenvalue weighted by Crippen LogP contribution is 2.62. The largest absolute Gasteiger partial charge is 0.462 e. The van der Waals surface area contributed by atoms with E-state index in [2.05, 4.69) is 77.9 Å². The molecule has 5 nitrogen and oxygen atoms in total. The molecule has 0 spiro atoms. The van der Waals surface area contributed by atoms with Gasteiger partial charge in [-0.25, -0.2) is 9.69 Å². The molecule has 3 aromatic carbocycles. The Labute approximate surface area is 236 Å². The first-order valence-corrected chi connectivity index (χ1v) is 14.3. The predicted octanol–water partition coefficient (Wildman–Crippen LogP) is 6.85. The Morgan fingerprint density at radius 3 is 1.68 bits per heavy atom. The van der Waals surface area contributed by atoms with Crippen molar-refractivity contribution in [1.29, 1.82) is 0 Å². The molecule has 0 saturated carbocycles. The minimum Gasteiger partial charge on any atom is -0.462 e. The first kappa shape index (κ1) is 26.5. The van der Waals surface area contributed by atoms with Crippen molar-refractivity contribution < 1.29 is 19.1 Å². The summed E-state index contributed by atoms with van der Waals surface area (Å²) >= 11 is 0. The molecule has 3 aliphatic carbocycles. The number of benzene rings is 3. The number of anilines is 1. The van der Waals surface area contributed by atoms with Crippen molar-refractivity contribution in [3.63, 3.8) is 0 Å². The number of esters is 1. The number of amides is 2. The van der Waals surface area contributed by atoms with E-state index < -0.39 is 17.8 Å². The fourth-order valence-electron chi connectivity index (χ4n) is 6.95. The maximum Gasteiger partial charge on any atom is 0.338 e. The zero-order chi connectivity index (χ0) is 28.7. The van der Waals surface area contributed by atoms with Crippen LogP contribution in [0.4, 0.5) is 5.69 Å². The van der Waals surface area contributed by atoms with Crippen molar-refractivity contribution >= 4 is 23.5 Å². The lowest BCUT2D eigenvalue weighted by atomic mass is 9.54. The number of nitrogens with zero attached hydrogens (tertiary/aromatic N) is 1. The number of carbonyl (C=O) groups is 3. The third-order valence-corrected chi connectivity index (χ3v) is 8.98. The van der Waals surface area contributed by atoms with E-state index in [0.29, 0.717) is 11.3 Å². The topological polar surface area (TPSA) is 63.7 Å². The maximum absolute atomic E-state index is 14.3. The molecule has 1 heterocycles. The van der Waals surface area contributed by atoms with Gasteiger partial charge in [0.15, 0.2) is 0 Å². The van der Waals surface area contributed by atoms with E-state index in [1.807, 2.05) is 0 Å². The lowest BCUT2D eigenvalue weighted by Crippen LogP contribution is -2.42. The molecule has 1 fully saturated rings. The van der Waals surface area contributed by atoms with Gasteiger partial charge < -0.3 is 4.74 Å². The van der Waals surface area contributed by atoms with Crippen molar-refractivity contribution in [1.82, 2.24) is 0 Å². The van der Waals surface area contributed by atoms with E-state index >= 15 is 0 Å². The van der Waals surface area contributed by atoms with Crippen molar-refractivity contribution in [2.24, 2.45) is 11.8 Å². The van der Waals surface area contributed by atoms with Crippen LogP contribution in [0, 0.1) is 11.8 Å². The van der Waals surface area contributed by atoms with Gasteiger partial charge >= 0.3 is 5.97 Å².